The van der Waals surface area contributed by atoms with E-state index in [0.717, 1.165) is 12.5 Å². The summed E-state index contributed by atoms with van der Waals surface area (Å²) < 4.78 is 25.6. The molecule has 0 saturated heterocycles. The van der Waals surface area contributed by atoms with E-state index in [0.29, 0.717) is 6.42 Å². The number of carbonyl (C=O) groups is 1. The zero-order valence-electron chi connectivity index (χ0n) is 8.19. The number of hydrogen-bond acceptors (Lipinski definition) is 4. The van der Waals surface area contributed by atoms with Gasteiger partial charge in [0.15, 0.2) is 0 Å². The molecule has 0 unspecified atom stereocenters. The Morgan fingerprint density at radius 1 is 1.38 bits per heavy atom. The lowest BCUT2D eigenvalue weighted by Gasteiger charge is -2.12. The van der Waals surface area contributed by atoms with Crippen LogP contribution in [0.25, 0.3) is 0 Å². The van der Waals surface area contributed by atoms with Crippen LogP contribution in [-0.2, 0) is 19.1 Å². The van der Waals surface area contributed by atoms with E-state index in [4.69, 9.17) is 0 Å². The molecule has 78 valence electrons. The third-order valence-electron chi connectivity index (χ3n) is 1.78. The molecule has 0 aromatic rings. The Hall–Kier alpha value is -0.420. The summed E-state index contributed by atoms with van der Waals surface area (Å²) in [5, 5.41) is 0. The van der Waals surface area contributed by atoms with Crippen molar-refractivity contribution in [3.8, 4) is 0 Å². The molecule has 0 saturated carbocycles. The van der Waals surface area contributed by atoms with E-state index in [9.17, 15) is 13.2 Å². The average Bonchev–Trinajstić information content (AvgIpc) is 1.95. The number of aldehydes is 1. The van der Waals surface area contributed by atoms with Gasteiger partial charge in [-0.05, 0) is 12.3 Å². The SMILES string of the molecule is CC(C)[C@H](C=O)CCOS(C)(=O)=O. The van der Waals surface area contributed by atoms with Crippen LogP contribution in [0.15, 0.2) is 0 Å². The predicted molar refractivity (Wildman–Crippen MR) is 49.8 cm³/mol. The van der Waals surface area contributed by atoms with Crippen molar-refractivity contribution in [1.29, 1.82) is 0 Å². The molecular formula is C8H16O4S. The molecule has 0 aromatic carbocycles. The van der Waals surface area contributed by atoms with Gasteiger partial charge in [-0.3, -0.25) is 4.18 Å². The number of carbonyl (C=O) groups excluding carboxylic acids is 1. The van der Waals surface area contributed by atoms with Crippen LogP contribution in [-0.4, -0.2) is 27.6 Å². The lowest BCUT2D eigenvalue weighted by molar-refractivity contribution is -0.112. The molecule has 0 rings (SSSR count). The molecule has 0 N–H and O–H groups in total. The zero-order chi connectivity index (χ0) is 10.5. The molecule has 0 amide bonds. The molecule has 5 heteroatoms. The Morgan fingerprint density at radius 3 is 2.23 bits per heavy atom. The topological polar surface area (TPSA) is 60.4 Å². The molecule has 0 fully saturated rings. The highest BCUT2D eigenvalue weighted by Gasteiger charge is 2.13. The first-order valence-electron chi connectivity index (χ1n) is 4.16. The lowest BCUT2D eigenvalue weighted by Crippen LogP contribution is -2.14. The molecule has 0 aliphatic heterocycles. The van der Waals surface area contributed by atoms with Crippen LogP contribution < -0.4 is 0 Å². The van der Waals surface area contributed by atoms with Gasteiger partial charge < -0.3 is 4.79 Å². The third-order valence-corrected chi connectivity index (χ3v) is 2.37. The van der Waals surface area contributed by atoms with Crippen molar-refractivity contribution in [2.75, 3.05) is 12.9 Å². The minimum absolute atomic E-state index is 0.0837. The standard InChI is InChI=1S/C8H16O4S/c1-7(2)8(6-9)4-5-12-13(3,10)11/h6-8H,4-5H2,1-3H3/t8-/m0/s1. The third kappa shape index (κ3) is 6.72. The van der Waals surface area contributed by atoms with Gasteiger partial charge in [0.05, 0.1) is 12.9 Å². The molecule has 0 heterocycles. The summed E-state index contributed by atoms with van der Waals surface area (Å²) in [6.07, 6.45) is 2.29. The summed E-state index contributed by atoms with van der Waals surface area (Å²) in [4.78, 5) is 10.5. The van der Waals surface area contributed by atoms with E-state index in [1.807, 2.05) is 13.8 Å². The van der Waals surface area contributed by atoms with Crippen molar-refractivity contribution in [3.63, 3.8) is 0 Å². The molecule has 0 aromatic heterocycles. The van der Waals surface area contributed by atoms with Gasteiger partial charge in [-0.25, -0.2) is 0 Å². The summed E-state index contributed by atoms with van der Waals surface area (Å²) in [7, 11) is -3.37. The van der Waals surface area contributed by atoms with Gasteiger partial charge in [-0.15, -0.1) is 0 Å². The summed E-state index contributed by atoms with van der Waals surface area (Å²) in [5.41, 5.74) is 0. The van der Waals surface area contributed by atoms with E-state index in [1.165, 1.54) is 0 Å². The smallest absolute Gasteiger partial charge is 0.264 e. The fraction of sp³-hybridized carbons (Fsp3) is 0.875. The summed E-state index contributed by atoms with van der Waals surface area (Å²) in [5.74, 6) is 0.0995. The monoisotopic (exact) mass is 208 g/mol. The summed E-state index contributed by atoms with van der Waals surface area (Å²) in [6.45, 7) is 3.92. The van der Waals surface area contributed by atoms with Crippen LogP contribution in [0.1, 0.15) is 20.3 Å². The maximum atomic E-state index is 10.6. The predicted octanol–water partition coefficient (Wildman–Crippen LogP) is 0.824. The first kappa shape index (κ1) is 12.6. The van der Waals surface area contributed by atoms with E-state index >= 15 is 0 Å². The second kappa shape index (κ2) is 5.34. The van der Waals surface area contributed by atoms with Crippen molar-refractivity contribution in [2.24, 2.45) is 11.8 Å². The zero-order valence-corrected chi connectivity index (χ0v) is 9.00. The fourth-order valence-electron chi connectivity index (χ4n) is 0.894. The lowest BCUT2D eigenvalue weighted by atomic mass is 9.95. The molecule has 13 heavy (non-hydrogen) atoms. The van der Waals surface area contributed by atoms with Crippen LogP contribution in [0.5, 0.6) is 0 Å². The highest BCUT2D eigenvalue weighted by molar-refractivity contribution is 7.85. The molecular weight excluding hydrogens is 192 g/mol. The van der Waals surface area contributed by atoms with Crippen LogP contribution in [0.3, 0.4) is 0 Å². The van der Waals surface area contributed by atoms with Crippen molar-refractivity contribution in [3.05, 3.63) is 0 Å². The van der Waals surface area contributed by atoms with Gasteiger partial charge in [-0.1, -0.05) is 13.8 Å². The van der Waals surface area contributed by atoms with Crippen LogP contribution in [0.2, 0.25) is 0 Å². The molecule has 0 spiro atoms. The molecule has 1 atom stereocenters. The van der Waals surface area contributed by atoms with Crippen molar-refractivity contribution >= 4 is 16.4 Å². The van der Waals surface area contributed by atoms with Gasteiger partial charge >= 0.3 is 0 Å². The van der Waals surface area contributed by atoms with Crippen LogP contribution >= 0.6 is 0 Å². The van der Waals surface area contributed by atoms with Crippen LogP contribution in [0, 0.1) is 11.8 Å². The van der Waals surface area contributed by atoms with Crippen LogP contribution in [0.4, 0.5) is 0 Å². The first-order chi connectivity index (χ1) is 5.87. The summed E-state index contributed by atoms with van der Waals surface area (Å²) in [6, 6.07) is 0. The molecule has 0 bridgehead atoms. The first-order valence-corrected chi connectivity index (χ1v) is 5.98. The Labute approximate surface area is 79.4 Å². The van der Waals surface area contributed by atoms with Crippen molar-refractivity contribution in [2.45, 2.75) is 20.3 Å². The molecule has 0 radical (unpaired) electrons. The Morgan fingerprint density at radius 2 is 1.92 bits per heavy atom. The van der Waals surface area contributed by atoms with Crippen molar-refractivity contribution in [1.82, 2.24) is 0 Å². The number of hydrogen-bond donors (Lipinski definition) is 0. The fourth-order valence-corrected chi connectivity index (χ4v) is 1.29. The second-order valence-corrected chi connectivity index (χ2v) is 5.00. The van der Waals surface area contributed by atoms with E-state index in [1.54, 1.807) is 0 Å². The van der Waals surface area contributed by atoms with E-state index in [-0.39, 0.29) is 18.4 Å². The number of rotatable bonds is 6. The van der Waals surface area contributed by atoms with Gasteiger partial charge in [0.1, 0.15) is 6.29 Å². The van der Waals surface area contributed by atoms with Gasteiger partial charge in [-0.2, -0.15) is 8.42 Å². The Balaban J connectivity index is 3.81. The second-order valence-electron chi connectivity index (χ2n) is 3.36. The highest BCUT2D eigenvalue weighted by Crippen LogP contribution is 2.12. The van der Waals surface area contributed by atoms with E-state index < -0.39 is 10.1 Å². The normalized spacial score (nSPS) is 14.5. The molecule has 0 aliphatic rings. The van der Waals surface area contributed by atoms with Gasteiger partial charge in [0.2, 0.25) is 0 Å². The van der Waals surface area contributed by atoms with Crippen molar-refractivity contribution < 1.29 is 17.4 Å². The van der Waals surface area contributed by atoms with E-state index in [2.05, 4.69) is 4.18 Å². The molecule has 4 nitrogen and oxygen atoms in total. The average molecular weight is 208 g/mol. The Kier molecular flexibility index (Phi) is 5.17. The summed E-state index contributed by atoms with van der Waals surface area (Å²) >= 11 is 0. The van der Waals surface area contributed by atoms with Gasteiger partial charge in [0.25, 0.3) is 10.1 Å². The minimum atomic E-state index is -3.37. The van der Waals surface area contributed by atoms with Gasteiger partial charge in [0, 0.05) is 5.92 Å². The maximum absolute atomic E-state index is 10.6. The largest absolute Gasteiger partial charge is 0.303 e. The quantitative estimate of drug-likeness (QED) is 0.479. The molecule has 0 aliphatic carbocycles. The Bertz CT molecular complexity index is 243. The highest BCUT2D eigenvalue weighted by atomic mass is 32.2. The minimum Gasteiger partial charge on any atom is -0.303 e. The maximum Gasteiger partial charge on any atom is 0.264 e.